The number of halogens is 1. The molecule has 0 saturated carbocycles. The molecule has 0 amide bonds. The quantitative estimate of drug-likeness (QED) is 0.842. The van der Waals surface area contributed by atoms with Gasteiger partial charge in [0, 0.05) is 39.1 Å². The summed E-state index contributed by atoms with van der Waals surface area (Å²) in [7, 11) is 1.89. The molecular weight excluding hydrogens is 284 g/mol. The Kier molecular flexibility index (Phi) is 2.71. The Morgan fingerprint density at radius 2 is 2.24 bits per heavy atom. The molecule has 17 heavy (non-hydrogen) atoms. The van der Waals surface area contributed by atoms with E-state index < -0.39 is 0 Å². The zero-order chi connectivity index (χ0) is 11.8. The highest BCUT2D eigenvalue weighted by Crippen LogP contribution is 2.23. The van der Waals surface area contributed by atoms with E-state index >= 15 is 0 Å². The van der Waals surface area contributed by atoms with Crippen molar-refractivity contribution in [3.8, 4) is 0 Å². The zero-order valence-corrected chi connectivity index (χ0v) is 11.1. The van der Waals surface area contributed by atoms with Gasteiger partial charge in [0.2, 0.25) is 0 Å². The third-order valence-corrected chi connectivity index (χ3v) is 3.33. The molecule has 1 fully saturated rings. The summed E-state index contributed by atoms with van der Waals surface area (Å²) in [6, 6.07) is 0.484. The van der Waals surface area contributed by atoms with Crippen LogP contribution in [-0.2, 0) is 13.6 Å². The van der Waals surface area contributed by atoms with E-state index in [4.69, 9.17) is 0 Å². The molecule has 0 unspecified atom stereocenters. The lowest BCUT2D eigenvalue weighted by Crippen LogP contribution is -2.47. The summed E-state index contributed by atoms with van der Waals surface area (Å²) in [6.45, 7) is 2.90. The minimum Gasteiger partial charge on any atom is -0.293 e. The van der Waals surface area contributed by atoms with Crippen LogP contribution in [0.5, 0.6) is 0 Å². The number of likely N-dealkylation sites (tertiary alicyclic amines) is 1. The minimum atomic E-state index is 0.484. The molecule has 3 rings (SSSR count). The highest BCUT2D eigenvalue weighted by Gasteiger charge is 2.29. The Hall–Kier alpha value is -1.21. The van der Waals surface area contributed by atoms with Crippen molar-refractivity contribution in [2.75, 3.05) is 13.1 Å². The summed E-state index contributed by atoms with van der Waals surface area (Å²) in [4.78, 5) is 2.34. The van der Waals surface area contributed by atoms with Gasteiger partial charge in [0.15, 0.2) is 0 Å². The summed E-state index contributed by atoms with van der Waals surface area (Å²) < 4.78 is 4.78. The maximum Gasteiger partial charge on any atom is 0.0967 e. The average molecular weight is 297 g/mol. The van der Waals surface area contributed by atoms with E-state index in [9.17, 15) is 0 Å². The molecule has 1 aliphatic rings. The van der Waals surface area contributed by atoms with Crippen LogP contribution in [0.1, 0.15) is 11.7 Å². The van der Waals surface area contributed by atoms with Gasteiger partial charge in [0.1, 0.15) is 0 Å². The molecular formula is C10H13BrN6. The van der Waals surface area contributed by atoms with Gasteiger partial charge in [-0.05, 0) is 15.9 Å². The van der Waals surface area contributed by atoms with Gasteiger partial charge in [-0.1, -0.05) is 5.21 Å². The van der Waals surface area contributed by atoms with E-state index in [1.807, 2.05) is 30.3 Å². The molecule has 0 radical (unpaired) electrons. The first-order chi connectivity index (χ1) is 8.20. The van der Waals surface area contributed by atoms with Crippen LogP contribution in [0.4, 0.5) is 0 Å². The van der Waals surface area contributed by atoms with E-state index in [2.05, 4.69) is 36.2 Å². The highest BCUT2D eigenvalue weighted by atomic mass is 79.9. The van der Waals surface area contributed by atoms with Crippen molar-refractivity contribution >= 4 is 15.9 Å². The molecule has 1 aliphatic heterocycles. The SMILES string of the molecule is Cn1cc(CN2CC(n3cc(Br)cn3)C2)nn1. The fourth-order valence-corrected chi connectivity index (χ4v) is 2.35. The Balaban J connectivity index is 1.55. The molecule has 0 aromatic carbocycles. The van der Waals surface area contributed by atoms with Crippen molar-refractivity contribution in [3.63, 3.8) is 0 Å². The first-order valence-electron chi connectivity index (χ1n) is 5.48. The number of nitrogens with zero attached hydrogens (tertiary/aromatic N) is 6. The summed E-state index contributed by atoms with van der Waals surface area (Å²) in [5.41, 5.74) is 1.02. The Morgan fingerprint density at radius 1 is 1.41 bits per heavy atom. The van der Waals surface area contributed by atoms with Crippen LogP contribution in [0, 0.1) is 0 Å². The topological polar surface area (TPSA) is 51.8 Å². The predicted octanol–water partition coefficient (Wildman–Crippen LogP) is 0.831. The number of hydrogen-bond acceptors (Lipinski definition) is 4. The number of aromatic nitrogens is 5. The lowest BCUT2D eigenvalue weighted by Gasteiger charge is -2.38. The maximum absolute atomic E-state index is 4.29. The van der Waals surface area contributed by atoms with E-state index in [0.29, 0.717) is 6.04 Å². The Morgan fingerprint density at radius 3 is 2.82 bits per heavy atom. The molecule has 2 aromatic rings. The normalized spacial score (nSPS) is 17.3. The van der Waals surface area contributed by atoms with Crippen LogP contribution in [-0.4, -0.2) is 42.8 Å². The molecule has 0 atom stereocenters. The van der Waals surface area contributed by atoms with Gasteiger partial charge in [-0.2, -0.15) is 5.10 Å². The molecule has 1 saturated heterocycles. The second-order valence-electron chi connectivity index (χ2n) is 4.37. The fraction of sp³-hybridized carbons (Fsp3) is 0.500. The van der Waals surface area contributed by atoms with Crippen LogP contribution >= 0.6 is 15.9 Å². The van der Waals surface area contributed by atoms with Crippen molar-refractivity contribution in [2.45, 2.75) is 12.6 Å². The van der Waals surface area contributed by atoms with Crippen molar-refractivity contribution < 1.29 is 0 Å². The summed E-state index contributed by atoms with van der Waals surface area (Å²) in [5, 5.41) is 12.3. The van der Waals surface area contributed by atoms with Gasteiger partial charge in [0.25, 0.3) is 0 Å². The summed E-state index contributed by atoms with van der Waals surface area (Å²) in [6.07, 6.45) is 5.80. The van der Waals surface area contributed by atoms with E-state index in [1.54, 1.807) is 4.68 Å². The van der Waals surface area contributed by atoms with Gasteiger partial charge in [-0.25, -0.2) is 0 Å². The summed E-state index contributed by atoms with van der Waals surface area (Å²) >= 11 is 3.41. The molecule has 6 nitrogen and oxygen atoms in total. The molecule has 0 N–H and O–H groups in total. The van der Waals surface area contributed by atoms with Crippen molar-refractivity contribution in [2.24, 2.45) is 7.05 Å². The van der Waals surface area contributed by atoms with E-state index in [0.717, 1.165) is 29.8 Å². The standard InChI is InChI=1S/C10H13BrN6/c1-15-4-9(13-14-15)5-16-6-10(7-16)17-3-8(11)2-12-17/h2-4,10H,5-7H2,1H3. The van der Waals surface area contributed by atoms with Gasteiger partial charge >= 0.3 is 0 Å². The van der Waals surface area contributed by atoms with Crippen molar-refractivity contribution in [3.05, 3.63) is 28.8 Å². The third-order valence-electron chi connectivity index (χ3n) is 2.92. The lowest BCUT2D eigenvalue weighted by molar-refractivity contribution is 0.0895. The fourth-order valence-electron chi connectivity index (χ4n) is 2.05. The van der Waals surface area contributed by atoms with Gasteiger partial charge < -0.3 is 0 Å². The number of rotatable bonds is 3. The Labute approximate surface area is 107 Å². The lowest BCUT2D eigenvalue weighted by atomic mass is 10.1. The largest absolute Gasteiger partial charge is 0.293 e. The zero-order valence-electron chi connectivity index (χ0n) is 9.49. The molecule has 0 spiro atoms. The van der Waals surface area contributed by atoms with Crippen LogP contribution in [0.3, 0.4) is 0 Å². The third kappa shape index (κ3) is 2.25. The maximum atomic E-state index is 4.29. The number of aryl methyl sites for hydroxylation is 1. The highest BCUT2D eigenvalue weighted by molar-refractivity contribution is 9.10. The Bertz CT molecular complexity index is 512. The molecule has 0 aliphatic carbocycles. The van der Waals surface area contributed by atoms with Gasteiger partial charge in [-0.3, -0.25) is 14.3 Å². The smallest absolute Gasteiger partial charge is 0.0967 e. The van der Waals surface area contributed by atoms with Crippen molar-refractivity contribution in [1.82, 2.24) is 29.7 Å². The minimum absolute atomic E-state index is 0.484. The van der Waals surface area contributed by atoms with Gasteiger partial charge in [0.05, 0.1) is 22.4 Å². The monoisotopic (exact) mass is 296 g/mol. The van der Waals surface area contributed by atoms with Crippen LogP contribution in [0.2, 0.25) is 0 Å². The van der Waals surface area contributed by atoms with E-state index in [-0.39, 0.29) is 0 Å². The van der Waals surface area contributed by atoms with Crippen LogP contribution in [0.15, 0.2) is 23.1 Å². The molecule has 0 bridgehead atoms. The molecule has 3 heterocycles. The second-order valence-corrected chi connectivity index (χ2v) is 5.29. The first-order valence-corrected chi connectivity index (χ1v) is 6.27. The number of hydrogen-bond donors (Lipinski definition) is 0. The molecule has 90 valence electrons. The summed E-state index contributed by atoms with van der Waals surface area (Å²) in [5.74, 6) is 0. The predicted molar refractivity (Wildman–Crippen MR) is 65.2 cm³/mol. The van der Waals surface area contributed by atoms with Crippen LogP contribution in [0.25, 0.3) is 0 Å². The van der Waals surface area contributed by atoms with Gasteiger partial charge in [-0.15, -0.1) is 5.10 Å². The average Bonchev–Trinajstić information content (AvgIpc) is 2.81. The molecule has 7 heteroatoms. The molecule has 2 aromatic heterocycles. The van der Waals surface area contributed by atoms with Crippen LogP contribution < -0.4 is 0 Å². The first kappa shape index (κ1) is 10.9. The van der Waals surface area contributed by atoms with E-state index in [1.165, 1.54) is 0 Å². The van der Waals surface area contributed by atoms with Crippen molar-refractivity contribution in [1.29, 1.82) is 0 Å². The second kappa shape index (κ2) is 4.23.